The molecule has 0 saturated heterocycles. The monoisotopic (exact) mass is 499 g/mol. The molecular weight excluding hydrogens is 454 g/mol. The second kappa shape index (κ2) is 17.0. The summed E-state index contributed by atoms with van der Waals surface area (Å²) < 4.78 is 5.99. The molecule has 3 aromatic carbocycles. The minimum atomic E-state index is 0.183. The Balaban J connectivity index is 0.00000163. The van der Waals surface area contributed by atoms with Crippen molar-refractivity contribution in [1.29, 1.82) is 0 Å². The van der Waals surface area contributed by atoms with Gasteiger partial charge in [0.15, 0.2) is 0 Å². The number of nitrogens with zero attached hydrogens (tertiary/aromatic N) is 3. The first-order valence-corrected chi connectivity index (χ1v) is 13.4. The minimum absolute atomic E-state index is 0.183. The zero-order valence-electron chi connectivity index (χ0n) is 24.2. The zero-order valence-corrected chi connectivity index (χ0v) is 24.2. The van der Waals surface area contributed by atoms with E-state index in [2.05, 4.69) is 87.7 Å². The van der Waals surface area contributed by atoms with Gasteiger partial charge in [-0.15, -0.1) is 0 Å². The molecule has 0 aliphatic heterocycles. The van der Waals surface area contributed by atoms with Crippen molar-refractivity contribution >= 4 is 24.3 Å². The second-order valence-electron chi connectivity index (χ2n) is 8.83. The molecule has 0 radical (unpaired) electrons. The van der Waals surface area contributed by atoms with Gasteiger partial charge in [-0.25, -0.2) is 9.98 Å². The Hall–Kier alpha value is -3.53. The van der Waals surface area contributed by atoms with E-state index >= 15 is 0 Å². The van der Waals surface area contributed by atoms with Crippen molar-refractivity contribution in [3.8, 4) is 5.75 Å². The fourth-order valence-corrected chi connectivity index (χ4v) is 3.45. The molecule has 0 spiro atoms. The molecule has 0 N–H and O–H groups in total. The van der Waals surface area contributed by atoms with Gasteiger partial charge < -0.3 is 4.74 Å². The van der Waals surface area contributed by atoms with Crippen LogP contribution < -0.4 is 4.74 Å². The number of aliphatic imine (C=N–C) groups is 3. The fourth-order valence-electron chi connectivity index (χ4n) is 3.45. The molecule has 4 nitrogen and oxygen atoms in total. The lowest BCUT2D eigenvalue weighted by molar-refractivity contribution is 0.543. The molecule has 0 unspecified atom stereocenters. The van der Waals surface area contributed by atoms with Crippen molar-refractivity contribution in [3.63, 3.8) is 0 Å². The molecule has 0 fully saturated rings. The highest BCUT2D eigenvalue weighted by Crippen LogP contribution is 2.23. The van der Waals surface area contributed by atoms with Crippen LogP contribution in [0.3, 0.4) is 0 Å². The summed E-state index contributed by atoms with van der Waals surface area (Å²) in [5, 5.41) is 0. The van der Waals surface area contributed by atoms with Crippen molar-refractivity contribution in [3.05, 3.63) is 95.1 Å². The highest BCUT2D eigenvalue weighted by Gasteiger charge is 2.09. The summed E-state index contributed by atoms with van der Waals surface area (Å²) in [6.45, 7) is 22.4. The molecule has 0 heterocycles. The maximum Gasteiger partial charge on any atom is 0.323 e. The molecule has 0 aliphatic carbocycles. The van der Waals surface area contributed by atoms with Crippen molar-refractivity contribution in [2.45, 2.75) is 80.6 Å². The average Bonchev–Trinajstić information content (AvgIpc) is 2.91. The molecule has 0 bridgehead atoms. The Bertz CT molecular complexity index is 1160. The van der Waals surface area contributed by atoms with Gasteiger partial charge in [-0.05, 0) is 66.4 Å². The van der Waals surface area contributed by atoms with Gasteiger partial charge in [0.1, 0.15) is 11.6 Å². The van der Waals surface area contributed by atoms with Gasteiger partial charge in [-0.2, -0.15) is 4.99 Å². The number of amidine groups is 2. The summed E-state index contributed by atoms with van der Waals surface area (Å²) in [6, 6.07) is 24.7. The first-order valence-electron chi connectivity index (χ1n) is 13.4. The number of hydrogen-bond donors (Lipinski definition) is 0. The number of ether oxygens (including phenoxy) is 1. The van der Waals surface area contributed by atoms with Gasteiger partial charge in [0.2, 0.25) is 0 Å². The first-order chi connectivity index (χ1) is 17.8. The summed E-state index contributed by atoms with van der Waals surface area (Å²) in [4.78, 5) is 13.6. The van der Waals surface area contributed by atoms with Crippen molar-refractivity contribution in [2.75, 3.05) is 0 Å². The third kappa shape index (κ3) is 10.9. The van der Waals surface area contributed by atoms with Gasteiger partial charge in [-0.1, -0.05) is 109 Å². The van der Waals surface area contributed by atoms with Crippen molar-refractivity contribution < 1.29 is 4.74 Å². The van der Waals surface area contributed by atoms with E-state index in [1.165, 1.54) is 16.7 Å². The lowest BCUT2D eigenvalue weighted by Crippen LogP contribution is -2.11. The Labute approximate surface area is 225 Å². The standard InChI is InChI=1S/C29H33N3O.2C2H6/c1-20(2)24-12-8-14-26(18-24)31-28(17-23-11-7-10-22(5)16-23)32-29(30-6)33-27-15-9-13-25(19-27)21(3)4;2*1-2/h7-16,18-21H,6,17H2,1-5H3;2*1-2H3. The highest BCUT2D eigenvalue weighted by molar-refractivity contribution is 5.98. The predicted molar refractivity (Wildman–Crippen MR) is 163 cm³/mol. The molecule has 3 rings (SSSR count). The van der Waals surface area contributed by atoms with E-state index in [0.717, 1.165) is 11.3 Å². The number of aryl methyl sites for hydroxylation is 1. The van der Waals surface area contributed by atoms with E-state index in [4.69, 9.17) is 9.73 Å². The van der Waals surface area contributed by atoms with Crippen LogP contribution in [0.4, 0.5) is 5.69 Å². The Morgan fingerprint density at radius 1 is 0.784 bits per heavy atom. The highest BCUT2D eigenvalue weighted by atomic mass is 16.5. The molecule has 0 saturated carbocycles. The lowest BCUT2D eigenvalue weighted by atomic mass is 10.0. The summed E-state index contributed by atoms with van der Waals surface area (Å²) in [6.07, 6.45) is 0.558. The van der Waals surface area contributed by atoms with Crippen LogP contribution in [0, 0.1) is 6.92 Å². The minimum Gasteiger partial charge on any atom is -0.424 e. The summed E-state index contributed by atoms with van der Waals surface area (Å²) >= 11 is 0. The molecule has 0 aromatic heterocycles. The Morgan fingerprint density at radius 3 is 1.97 bits per heavy atom. The maximum absolute atomic E-state index is 5.99. The molecule has 3 aromatic rings. The van der Waals surface area contributed by atoms with Gasteiger partial charge in [0.25, 0.3) is 0 Å². The topological polar surface area (TPSA) is 46.3 Å². The largest absolute Gasteiger partial charge is 0.424 e. The van der Waals surface area contributed by atoms with Gasteiger partial charge in [0.05, 0.1) is 5.69 Å². The zero-order chi connectivity index (χ0) is 27.8. The molecule has 0 atom stereocenters. The van der Waals surface area contributed by atoms with Gasteiger partial charge in [0, 0.05) is 6.42 Å². The molecule has 0 aliphatic rings. The lowest BCUT2D eigenvalue weighted by Gasteiger charge is -2.10. The van der Waals surface area contributed by atoms with Crippen LogP contribution in [0.1, 0.15) is 89.5 Å². The SMILES string of the molecule is C=NC(=NC(Cc1cccc(C)c1)=Nc1cccc(C(C)C)c1)Oc1cccc(C(C)C)c1.CC.CC. The quantitative estimate of drug-likeness (QED) is 0.246. The Kier molecular flexibility index (Phi) is 14.5. The molecule has 37 heavy (non-hydrogen) atoms. The van der Waals surface area contributed by atoms with E-state index in [9.17, 15) is 0 Å². The van der Waals surface area contributed by atoms with Crippen LogP contribution in [0.15, 0.2) is 87.8 Å². The predicted octanol–water partition coefficient (Wildman–Crippen LogP) is 9.70. The summed E-state index contributed by atoms with van der Waals surface area (Å²) in [5.74, 6) is 2.12. The first kappa shape index (κ1) is 31.5. The van der Waals surface area contributed by atoms with Crippen LogP contribution in [0.5, 0.6) is 5.75 Å². The van der Waals surface area contributed by atoms with E-state index < -0.39 is 0 Å². The molecule has 198 valence electrons. The van der Waals surface area contributed by atoms with E-state index in [1.54, 1.807) is 0 Å². The third-order valence-electron chi connectivity index (χ3n) is 5.33. The van der Waals surface area contributed by atoms with Crippen LogP contribution in [0.25, 0.3) is 0 Å². The molecular formula is C33H45N3O. The van der Waals surface area contributed by atoms with E-state index in [1.807, 2.05) is 64.1 Å². The second-order valence-corrected chi connectivity index (χ2v) is 8.83. The van der Waals surface area contributed by atoms with Crippen LogP contribution in [-0.4, -0.2) is 18.6 Å². The van der Waals surface area contributed by atoms with E-state index in [0.29, 0.717) is 29.8 Å². The summed E-state index contributed by atoms with van der Waals surface area (Å²) in [7, 11) is 0. The van der Waals surface area contributed by atoms with Crippen LogP contribution >= 0.6 is 0 Å². The Morgan fingerprint density at radius 2 is 1.38 bits per heavy atom. The summed E-state index contributed by atoms with van der Waals surface area (Å²) in [5.41, 5.74) is 5.61. The molecule has 4 heteroatoms. The van der Waals surface area contributed by atoms with Gasteiger partial charge >= 0.3 is 6.02 Å². The van der Waals surface area contributed by atoms with Crippen LogP contribution in [-0.2, 0) is 6.42 Å². The normalized spacial score (nSPS) is 11.3. The maximum atomic E-state index is 5.99. The average molecular weight is 500 g/mol. The number of rotatable bonds is 6. The fraction of sp³-hybridized carbons (Fsp3) is 0.364. The number of benzene rings is 3. The van der Waals surface area contributed by atoms with Crippen molar-refractivity contribution in [1.82, 2.24) is 0 Å². The number of hydrogen-bond acceptors (Lipinski definition) is 2. The van der Waals surface area contributed by atoms with Gasteiger partial charge in [-0.3, -0.25) is 0 Å². The van der Waals surface area contributed by atoms with Crippen molar-refractivity contribution in [2.24, 2.45) is 15.0 Å². The van der Waals surface area contributed by atoms with Crippen LogP contribution in [0.2, 0.25) is 0 Å². The smallest absolute Gasteiger partial charge is 0.323 e. The third-order valence-corrected chi connectivity index (χ3v) is 5.33. The van der Waals surface area contributed by atoms with E-state index in [-0.39, 0.29) is 6.02 Å². The molecule has 0 amide bonds.